The average molecular weight is 326 g/mol. The van der Waals surface area contributed by atoms with Gasteiger partial charge in [0.2, 0.25) is 0 Å². The number of nitrogens with one attached hydrogen (secondary N) is 1. The second-order valence-electron chi connectivity index (χ2n) is 6.12. The van der Waals surface area contributed by atoms with E-state index in [9.17, 15) is 9.90 Å². The summed E-state index contributed by atoms with van der Waals surface area (Å²) < 4.78 is 5.72. The number of hydrogen-bond donors (Lipinski definition) is 2. The van der Waals surface area contributed by atoms with E-state index in [1.807, 2.05) is 37.4 Å². The summed E-state index contributed by atoms with van der Waals surface area (Å²) in [6, 6.07) is 16.8. The molecule has 1 amide bonds. The van der Waals surface area contributed by atoms with E-state index >= 15 is 0 Å². The smallest absolute Gasteiger partial charge is 0.251 e. The lowest BCUT2D eigenvalue weighted by Crippen LogP contribution is -2.36. The van der Waals surface area contributed by atoms with Gasteiger partial charge < -0.3 is 15.2 Å². The molecule has 1 fully saturated rings. The summed E-state index contributed by atoms with van der Waals surface area (Å²) in [7, 11) is 1.96. The zero-order valence-electron chi connectivity index (χ0n) is 13.7. The Labute approximate surface area is 141 Å². The van der Waals surface area contributed by atoms with Gasteiger partial charge in [0.05, 0.1) is 6.61 Å². The maximum absolute atomic E-state index is 12.3. The van der Waals surface area contributed by atoms with Gasteiger partial charge in [-0.3, -0.25) is 9.69 Å². The van der Waals surface area contributed by atoms with Crippen LogP contribution in [0.3, 0.4) is 0 Å². The minimum Gasteiger partial charge on any atom is -0.457 e. The second-order valence-corrected chi connectivity index (χ2v) is 6.12. The summed E-state index contributed by atoms with van der Waals surface area (Å²) in [5.41, 5.74) is 0.602. The van der Waals surface area contributed by atoms with Crippen molar-refractivity contribution in [3.8, 4) is 11.5 Å². The first-order valence-corrected chi connectivity index (χ1v) is 8.10. The zero-order chi connectivity index (χ0) is 16.9. The molecular weight excluding hydrogens is 304 g/mol. The van der Waals surface area contributed by atoms with E-state index < -0.39 is 0 Å². The van der Waals surface area contributed by atoms with Crippen LogP contribution >= 0.6 is 0 Å². The highest BCUT2D eigenvalue weighted by Gasteiger charge is 2.29. The lowest BCUT2D eigenvalue weighted by molar-refractivity contribution is 0.0938. The molecule has 1 aliphatic rings. The fourth-order valence-corrected chi connectivity index (χ4v) is 2.97. The van der Waals surface area contributed by atoms with Crippen molar-refractivity contribution < 1.29 is 14.6 Å². The van der Waals surface area contributed by atoms with Crippen LogP contribution in [0.4, 0.5) is 0 Å². The molecule has 0 bridgehead atoms. The molecule has 0 spiro atoms. The maximum atomic E-state index is 12.3. The standard InChI is InChI=1S/C19H22N2O3/c1-21-12-15(11-16(21)13-22)20-19(23)14-7-9-18(10-8-14)24-17-5-3-2-4-6-17/h2-10,15-16,22H,11-13H2,1H3,(H,20,23)/t15-,16+/m1/s1. The number of nitrogens with zero attached hydrogens (tertiary/aromatic N) is 1. The first kappa shape index (κ1) is 16.5. The largest absolute Gasteiger partial charge is 0.457 e. The van der Waals surface area contributed by atoms with Gasteiger partial charge in [0.25, 0.3) is 5.91 Å². The van der Waals surface area contributed by atoms with Crippen molar-refractivity contribution in [1.82, 2.24) is 10.2 Å². The number of ether oxygens (including phenoxy) is 1. The van der Waals surface area contributed by atoms with Crippen LogP contribution in [-0.2, 0) is 0 Å². The second kappa shape index (κ2) is 7.47. The van der Waals surface area contributed by atoms with Crippen molar-refractivity contribution >= 4 is 5.91 Å². The normalized spacial score (nSPS) is 20.8. The van der Waals surface area contributed by atoms with E-state index in [1.165, 1.54) is 0 Å². The number of benzene rings is 2. The van der Waals surface area contributed by atoms with Crippen LogP contribution in [0.25, 0.3) is 0 Å². The van der Waals surface area contributed by atoms with Crippen LogP contribution in [0.2, 0.25) is 0 Å². The van der Waals surface area contributed by atoms with E-state index in [1.54, 1.807) is 24.3 Å². The summed E-state index contributed by atoms with van der Waals surface area (Å²) in [4.78, 5) is 14.4. The Bertz CT molecular complexity index is 673. The fraction of sp³-hybridized carbons (Fsp3) is 0.316. The summed E-state index contributed by atoms with van der Waals surface area (Å²) in [6.45, 7) is 0.876. The highest BCUT2D eigenvalue weighted by atomic mass is 16.5. The van der Waals surface area contributed by atoms with Crippen LogP contribution in [0.15, 0.2) is 54.6 Å². The molecule has 0 saturated carbocycles. The Kier molecular flexibility index (Phi) is 5.13. The first-order valence-electron chi connectivity index (χ1n) is 8.10. The Morgan fingerprint density at radius 3 is 2.46 bits per heavy atom. The van der Waals surface area contributed by atoms with E-state index in [0.717, 1.165) is 18.7 Å². The number of aliphatic hydroxyl groups is 1. The molecule has 2 aromatic rings. The number of para-hydroxylation sites is 1. The lowest BCUT2D eigenvalue weighted by Gasteiger charge is -2.15. The van der Waals surface area contributed by atoms with Gasteiger partial charge in [-0.2, -0.15) is 0 Å². The predicted molar refractivity (Wildman–Crippen MR) is 92.3 cm³/mol. The van der Waals surface area contributed by atoms with Gasteiger partial charge in [0.15, 0.2) is 0 Å². The SMILES string of the molecule is CN1C[C@H](NC(=O)c2ccc(Oc3ccccc3)cc2)C[C@H]1CO. The number of carbonyl (C=O) groups excluding carboxylic acids is 1. The van der Waals surface area contributed by atoms with Crippen LogP contribution in [-0.4, -0.2) is 48.2 Å². The molecule has 0 aliphatic carbocycles. The topological polar surface area (TPSA) is 61.8 Å². The molecule has 1 heterocycles. The van der Waals surface area contributed by atoms with Gasteiger partial charge in [-0.05, 0) is 49.9 Å². The summed E-state index contributed by atoms with van der Waals surface area (Å²) in [5, 5.41) is 12.3. The number of likely N-dealkylation sites (tertiary alicyclic amines) is 1. The molecule has 1 aliphatic heterocycles. The molecule has 1 saturated heterocycles. The minimum absolute atomic E-state index is 0.0693. The molecule has 0 radical (unpaired) electrons. The summed E-state index contributed by atoms with van der Waals surface area (Å²) in [5.74, 6) is 1.36. The van der Waals surface area contributed by atoms with E-state index in [2.05, 4.69) is 10.2 Å². The number of hydrogen-bond acceptors (Lipinski definition) is 4. The van der Waals surface area contributed by atoms with Crippen molar-refractivity contribution in [1.29, 1.82) is 0 Å². The van der Waals surface area contributed by atoms with Gasteiger partial charge in [0, 0.05) is 24.2 Å². The van der Waals surface area contributed by atoms with Crippen LogP contribution in [0.5, 0.6) is 11.5 Å². The number of carbonyl (C=O) groups is 1. The quantitative estimate of drug-likeness (QED) is 0.885. The Hall–Kier alpha value is -2.37. The molecule has 2 aromatic carbocycles. The van der Waals surface area contributed by atoms with Crippen molar-refractivity contribution in [2.45, 2.75) is 18.5 Å². The molecule has 5 nitrogen and oxygen atoms in total. The third kappa shape index (κ3) is 3.93. The minimum atomic E-state index is -0.0988. The van der Waals surface area contributed by atoms with Gasteiger partial charge in [0.1, 0.15) is 11.5 Å². The average Bonchev–Trinajstić information content (AvgIpc) is 2.96. The van der Waals surface area contributed by atoms with Crippen LogP contribution in [0.1, 0.15) is 16.8 Å². The molecule has 0 unspecified atom stereocenters. The van der Waals surface area contributed by atoms with E-state index in [4.69, 9.17) is 4.74 Å². The highest BCUT2D eigenvalue weighted by Crippen LogP contribution is 2.21. The third-order valence-electron chi connectivity index (χ3n) is 4.33. The number of likely N-dealkylation sites (N-methyl/N-ethyl adjacent to an activating group) is 1. The first-order chi connectivity index (χ1) is 11.7. The molecular formula is C19H22N2O3. The van der Waals surface area contributed by atoms with Gasteiger partial charge in [-0.1, -0.05) is 18.2 Å². The van der Waals surface area contributed by atoms with Gasteiger partial charge >= 0.3 is 0 Å². The zero-order valence-corrected chi connectivity index (χ0v) is 13.7. The molecule has 2 atom stereocenters. The van der Waals surface area contributed by atoms with E-state index in [0.29, 0.717) is 11.3 Å². The van der Waals surface area contributed by atoms with Crippen molar-refractivity contribution in [2.24, 2.45) is 0 Å². The van der Waals surface area contributed by atoms with Crippen LogP contribution in [0, 0.1) is 0 Å². The Morgan fingerprint density at radius 2 is 1.83 bits per heavy atom. The molecule has 0 aromatic heterocycles. The third-order valence-corrected chi connectivity index (χ3v) is 4.33. The number of amides is 1. The van der Waals surface area contributed by atoms with Gasteiger partial charge in [-0.15, -0.1) is 0 Å². The number of aliphatic hydroxyl groups excluding tert-OH is 1. The Morgan fingerprint density at radius 1 is 1.17 bits per heavy atom. The molecule has 2 N–H and O–H groups in total. The highest BCUT2D eigenvalue weighted by molar-refractivity contribution is 5.94. The van der Waals surface area contributed by atoms with E-state index in [-0.39, 0.29) is 24.6 Å². The monoisotopic (exact) mass is 326 g/mol. The summed E-state index contributed by atoms with van der Waals surface area (Å²) >= 11 is 0. The molecule has 3 rings (SSSR count). The van der Waals surface area contributed by atoms with Gasteiger partial charge in [-0.25, -0.2) is 0 Å². The maximum Gasteiger partial charge on any atom is 0.251 e. The predicted octanol–water partition coefficient (Wildman–Crippen LogP) is 2.27. The molecule has 126 valence electrons. The Balaban J connectivity index is 1.58. The number of rotatable bonds is 5. The summed E-state index contributed by atoms with van der Waals surface area (Å²) in [6.07, 6.45) is 0.772. The lowest BCUT2D eigenvalue weighted by atomic mass is 10.1. The fourth-order valence-electron chi connectivity index (χ4n) is 2.97. The van der Waals surface area contributed by atoms with Crippen molar-refractivity contribution in [3.63, 3.8) is 0 Å². The molecule has 5 heteroatoms. The van der Waals surface area contributed by atoms with Crippen molar-refractivity contribution in [2.75, 3.05) is 20.2 Å². The van der Waals surface area contributed by atoms with Crippen LogP contribution < -0.4 is 10.1 Å². The molecule has 24 heavy (non-hydrogen) atoms. The van der Waals surface area contributed by atoms with Crippen molar-refractivity contribution in [3.05, 3.63) is 60.2 Å².